The summed E-state index contributed by atoms with van der Waals surface area (Å²) in [6, 6.07) is 4.38. The van der Waals surface area contributed by atoms with Crippen LogP contribution in [-0.4, -0.2) is 26.6 Å². The van der Waals surface area contributed by atoms with Crippen LogP contribution in [0.2, 0.25) is 5.02 Å². The summed E-state index contributed by atoms with van der Waals surface area (Å²) in [7, 11) is -3.60. The van der Waals surface area contributed by atoms with E-state index in [0.717, 1.165) is 0 Å². The minimum absolute atomic E-state index is 0.0497. The van der Waals surface area contributed by atoms with E-state index >= 15 is 0 Å². The zero-order valence-electron chi connectivity index (χ0n) is 10.5. The van der Waals surface area contributed by atoms with Crippen LogP contribution in [0.5, 0.6) is 0 Å². The third-order valence-corrected chi connectivity index (χ3v) is 4.29. The number of nitrogens with one attached hydrogen (secondary N) is 1. The molecule has 2 atom stereocenters. The van der Waals surface area contributed by atoms with E-state index in [1.807, 2.05) is 0 Å². The number of nitrogens with two attached hydrogens (primary N) is 1. The van der Waals surface area contributed by atoms with Crippen molar-refractivity contribution in [1.29, 1.82) is 0 Å². The average Bonchev–Trinajstić information content (AvgIpc) is 3.07. The summed E-state index contributed by atoms with van der Waals surface area (Å²) in [4.78, 5) is 11.8. The number of carbonyl (C=O) groups excluding carboxylic acids is 1. The summed E-state index contributed by atoms with van der Waals surface area (Å²) < 4.78 is 35.1. The molecule has 0 bridgehead atoms. The van der Waals surface area contributed by atoms with Gasteiger partial charge in [-0.1, -0.05) is 17.7 Å². The molecule has 20 heavy (non-hydrogen) atoms. The Morgan fingerprint density at radius 2 is 2.20 bits per heavy atom. The van der Waals surface area contributed by atoms with E-state index in [4.69, 9.17) is 16.7 Å². The van der Waals surface area contributed by atoms with Crippen LogP contribution >= 0.6 is 11.6 Å². The first-order chi connectivity index (χ1) is 9.29. The van der Waals surface area contributed by atoms with Crippen molar-refractivity contribution in [3.63, 3.8) is 0 Å². The molecule has 1 aliphatic carbocycles. The molecule has 5 nitrogen and oxygen atoms in total. The zero-order chi connectivity index (χ0) is 14.9. The monoisotopic (exact) mass is 320 g/mol. The van der Waals surface area contributed by atoms with Crippen LogP contribution in [0.4, 0.5) is 4.39 Å². The number of sulfonamides is 1. The molecule has 1 aliphatic rings. The predicted octanol–water partition coefficient (Wildman–Crippen LogP) is 0.987. The van der Waals surface area contributed by atoms with Crippen LogP contribution in [0.3, 0.4) is 0 Å². The van der Waals surface area contributed by atoms with Crippen molar-refractivity contribution in [3.05, 3.63) is 34.6 Å². The standard InChI is InChI=1S/C12H14ClFN2O3S/c13-9-2-1-3-10(14)11(9)7-6-8(7)12(17)16-4-5-20(15,18)19/h1-3,7-8H,4-6H2,(H,16,17)(H2,15,18,19)/t7-,8-/m0/s1. The molecule has 0 unspecified atom stereocenters. The van der Waals surface area contributed by atoms with Gasteiger partial charge in [-0.05, 0) is 18.6 Å². The SMILES string of the molecule is NS(=O)(=O)CCNC(=O)[C@H]1C[C@@H]1c1c(F)cccc1Cl. The Bertz CT molecular complexity index is 615. The summed E-state index contributed by atoms with van der Waals surface area (Å²) >= 11 is 5.93. The molecule has 0 aliphatic heterocycles. The first-order valence-electron chi connectivity index (χ1n) is 6.01. The van der Waals surface area contributed by atoms with Crippen LogP contribution in [0.15, 0.2) is 18.2 Å². The van der Waals surface area contributed by atoms with Crippen molar-refractivity contribution < 1.29 is 17.6 Å². The second-order valence-corrected chi connectivity index (χ2v) is 6.88. The van der Waals surface area contributed by atoms with E-state index in [9.17, 15) is 17.6 Å². The van der Waals surface area contributed by atoms with Crippen molar-refractivity contribution >= 4 is 27.5 Å². The van der Waals surface area contributed by atoms with Gasteiger partial charge in [0, 0.05) is 29.0 Å². The van der Waals surface area contributed by atoms with Crippen LogP contribution in [0, 0.1) is 11.7 Å². The molecule has 2 rings (SSSR count). The largest absolute Gasteiger partial charge is 0.355 e. The van der Waals surface area contributed by atoms with Gasteiger partial charge >= 0.3 is 0 Å². The van der Waals surface area contributed by atoms with Crippen molar-refractivity contribution in [2.75, 3.05) is 12.3 Å². The van der Waals surface area contributed by atoms with E-state index in [-0.39, 0.29) is 30.0 Å². The third kappa shape index (κ3) is 3.68. The van der Waals surface area contributed by atoms with Gasteiger partial charge in [0.2, 0.25) is 15.9 Å². The molecule has 1 aromatic rings. The van der Waals surface area contributed by atoms with E-state index in [0.29, 0.717) is 17.0 Å². The van der Waals surface area contributed by atoms with Gasteiger partial charge in [-0.15, -0.1) is 0 Å². The van der Waals surface area contributed by atoms with Gasteiger partial charge in [0.05, 0.1) is 5.75 Å². The highest BCUT2D eigenvalue weighted by atomic mass is 35.5. The van der Waals surface area contributed by atoms with Crippen molar-refractivity contribution in [2.24, 2.45) is 11.1 Å². The molecule has 0 radical (unpaired) electrons. The first-order valence-corrected chi connectivity index (χ1v) is 8.11. The number of rotatable bonds is 5. The zero-order valence-corrected chi connectivity index (χ0v) is 12.0. The molecule has 110 valence electrons. The first kappa shape index (κ1) is 15.2. The molecule has 8 heteroatoms. The van der Waals surface area contributed by atoms with Crippen LogP contribution in [0.1, 0.15) is 17.9 Å². The summed E-state index contributed by atoms with van der Waals surface area (Å²) in [6.07, 6.45) is 0.502. The van der Waals surface area contributed by atoms with E-state index in [1.54, 1.807) is 6.07 Å². The topological polar surface area (TPSA) is 89.3 Å². The summed E-state index contributed by atoms with van der Waals surface area (Å²) in [5.74, 6) is -1.68. The lowest BCUT2D eigenvalue weighted by atomic mass is 10.1. The maximum atomic E-state index is 13.7. The van der Waals surface area contributed by atoms with Gasteiger partial charge in [0.1, 0.15) is 5.82 Å². The minimum Gasteiger partial charge on any atom is -0.355 e. The highest BCUT2D eigenvalue weighted by Crippen LogP contribution is 2.50. The molecule has 0 aromatic heterocycles. The molecule has 1 amide bonds. The summed E-state index contributed by atoms with van der Waals surface area (Å²) in [5, 5.41) is 7.60. The molecule has 0 saturated heterocycles. The van der Waals surface area contributed by atoms with E-state index in [2.05, 4.69) is 5.32 Å². The fourth-order valence-electron chi connectivity index (χ4n) is 2.12. The number of carbonyl (C=O) groups is 1. The molecule has 0 heterocycles. The number of hydrogen-bond acceptors (Lipinski definition) is 3. The summed E-state index contributed by atoms with van der Waals surface area (Å²) in [5.41, 5.74) is 0.348. The number of halogens is 2. The lowest BCUT2D eigenvalue weighted by molar-refractivity contribution is -0.122. The van der Waals surface area contributed by atoms with E-state index in [1.165, 1.54) is 12.1 Å². The Balaban J connectivity index is 1.93. The Labute approximate surface area is 121 Å². The van der Waals surface area contributed by atoms with Gasteiger partial charge in [-0.2, -0.15) is 0 Å². The fourth-order valence-corrected chi connectivity index (χ4v) is 2.81. The van der Waals surface area contributed by atoms with Crippen LogP contribution < -0.4 is 10.5 Å². The normalized spacial score (nSPS) is 21.6. The van der Waals surface area contributed by atoms with Gasteiger partial charge < -0.3 is 5.32 Å². The van der Waals surface area contributed by atoms with Crippen molar-refractivity contribution in [1.82, 2.24) is 5.32 Å². The minimum atomic E-state index is -3.60. The number of amides is 1. The molecule has 1 aromatic carbocycles. The van der Waals surface area contributed by atoms with Gasteiger partial charge in [-0.3, -0.25) is 4.79 Å². The lowest BCUT2D eigenvalue weighted by Gasteiger charge is -2.06. The van der Waals surface area contributed by atoms with Gasteiger partial charge in [0.15, 0.2) is 0 Å². The fraction of sp³-hybridized carbons (Fsp3) is 0.417. The Hall–Kier alpha value is -1.18. The number of hydrogen-bond donors (Lipinski definition) is 2. The second-order valence-electron chi connectivity index (χ2n) is 4.74. The highest BCUT2D eigenvalue weighted by Gasteiger charge is 2.46. The summed E-state index contributed by atoms with van der Waals surface area (Å²) in [6.45, 7) is -0.0497. The molecule has 1 saturated carbocycles. The highest BCUT2D eigenvalue weighted by molar-refractivity contribution is 7.89. The van der Waals surface area contributed by atoms with E-state index < -0.39 is 15.8 Å². The quantitative estimate of drug-likeness (QED) is 0.847. The van der Waals surface area contributed by atoms with Crippen LogP contribution in [-0.2, 0) is 14.8 Å². The van der Waals surface area contributed by atoms with Gasteiger partial charge in [0.25, 0.3) is 0 Å². The Morgan fingerprint density at radius 1 is 1.50 bits per heavy atom. The smallest absolute Gasteiger partial charge is 0.223 e. The van der Waals surface area contributed by atoms with Crippen molar-refractivity contribution in [2.45, 2.75) is 12.3 Å². The third-order valence-electron chi connectivity index (χ3n) is 3.18. The van der Waals surface area contributed by atoms with Crippen LogP contribution in [0.25, 0.3) is 0 Å². The predicted molar refractivity (Wildman–Crippen MR) is 73.2 cm³/mol. The number of benzene rings is 1. The Kier molecular flexibility index (Phi) is 4.31. The molecular weight excluding hydrogens is 307 g/mol. The molecule has 0 spiro atoms. The number of primary sulfonamides is 1. The maximum absolute atomic E-state index is 13.7. The van der Waals surface area contributed by atoms with Gasteiger partial charge in [-0.25, -0.2) is 17.9 Å². The molecular formula is C12H14ClFN2O3S. The Morgan fingerprint density at radius 3 is 2.80 bits per heavy atom. The molecule has 3 N–H and O–H groups in total. The second kappa shape index (κ2) is 5.67. The molecule has 1 fully saturated rings. The maximum Gasteiger partial charge on any atom is 0.223 e. The van der Waals surface area contributed by atoms with Crippen molar-refractivity contribution in [3.8, 4) is 0 Å². The average molecular weight is 321 g/mol. The lowest BCUT2D eigenvalue weighted by Crippen LogP contribution is -2.32.